The molecule has 0 aromatic carbocycles. The molecular weight excluding hydrogens is 296 g/mol. The average molecular weight is 318 g/mol. The van der Waals surface area contributed by atoms with Gasteiger partial charge in [0.25, 0.3) is 0 Å². The van der Waals surface area contributed by atoms with E-state index in [-0.39, 0.29) is 11.4 Å². The van der Waals surface area contributed by atoms with E-state index in [1.165, 1.54) is 16.7 Å². The van der Waals surface area contributed by atoms with E-state index in [0.717, 1.165) is 4.68 Å². The highest BCUT2D eigenvalue weighted by Crippen LogP contribution is 2.15. The van der Waals surface area contributed by atoms with E-state index in [0.29, 0.717) is 26.1 Å². The largest absolute Gasteiger partial charge is 0.480 e. The highest BCUT2D eigenvalue weighted by molar-refractivity contribution is 7.89. The van der Waals surface area contributed by atoms with Crippen molar-refractivity contribution in [3.63, 3.8) is 0 Å². The highest BCUT2D eigenvalue weighted by Gasteiger charge is 2.25. The van der Waals surface area contributed by atoms with Gasteiger partial charge in [0.1, 0.15) is 11.4 Å². The summed E-state index contributed by atoms with van der Waals surface area (Å²) in [4.78, 5) is 12.5. The molecule has 1 rings (SSSR count). The number of likely N-dealkylation sites (N-methyl/N-ethyl adjacent to an activating group) is 1. The second-order valence-corrected chi connectivity index (χ2v) is 6.91. The van der Waals surface area contributed by atoms with Gasteiger partial charge in [-0.25, -0.2) is 8.42 Å². The van der Waals surface area contributed by atoms with Gasteiger partial charge in [-0.2, -0.15) is 9.40 Å². The zero-order valence-electron chi connectivity index (χ0n) is 12.6. The molecule has 0 radical (unpaired) electrons. The fourth-order valence-electron chi connectivity index (χ4n) is 1.77. The van der Waals surface area contributed by atoms with Crippen LogP contribution in [0.1, 0.15) is 13.3 Å². The summed E-state index contributed by atoms with van der Waals surface area (Å²) in [5.74, 6) is -1.07. The van der Waals surface area contributed by atoms with E-state index in [2.05, 4.69) is 5.10 Å². The number of carboxylic acids is 1. The molecule has 0 atom stereocenters. The second kappa shape index (κ2) is 7.53. The summed E-state index contributed by atoms with van der Waals surface area (Å²) >= 11 is 0. The maximum atomic E-state index is 12.5. The van der Waals surface area contributed by atoms with Crippen molar-refractivity contribution in [3.05, 3.63) is 12.4 Å². The van der Waals surface area contributed by atoms with E-state index < -0.39 is 16.0 Å². The Morgan fingerprint density at radius 1 is 1.33 bits per heavy atom. The summed E-state index contributed by atoms with van der Waals surface area (Å²) in [5, 5.41) is 12.5. The van der Waals surface area contributed by atoms with Crippen LogP contribution in [0.25, 0.3) is 0 Å². The smallest absolute Gasteiger partial charge is 0.325 e. The van der Waals surface area contributed by atoms with Gasteiger partial charge in [-0.1, -0.05) is 6.92 Å². The number of aliphatic carboxylic acids is 1. The zero-order valence-corrected chi connectivity index (χ0v) is 13.4. The van der Waals surface area contributed by atoms with Gasteiger partial charge < -0.3 is 10.0 Å². The molecule has 0 bridgehead atoms. The van der Waals surface area contributed by atoms with Crippen molar-refractivity contribution in [1.82, 2.24) is 19.0 Å². The number of sulfonamides is 1. The summed E-state index contributed by atoms with van der Waals surface area (Å²) < 4.78 is 27.6. The van der Waals surface area contributed by atoms with Gasteiger partial charge in [0.2, 0.25) is 10.0 Å². The van der Waals surface area contributed by atoms with Crippen LogP contribution in [0.5, 0.6) is 0 Å². The van der Waals surface area contributed by atoms with E-state index in [1.807, 2.05) is 25.9 Å². The molecule has 1 aromatic heterocycles. The van der Waals surface area contributed by atoms with Crippen LogP contribution in [0.4, 0.5) is 0 Å². The Kier molecular flexibility index (Phi) is 6.31. The maximum absolute atomic E-state index is 12.5. The molecule has 9 heteroatoms. The van der Waals surface area contributed by atoms with Gasteiger partial charge in [-0.15, -0.1) is 0 Å². The molecule has 0 fully saturated rings. The Balaban J connectivity index is 2.93. The molecule has 0 amide bonds. The predicted molar refractivity (Wildman–Crippen MR) is 77.5 cm³/mol. The quantitative estimate of drug-likeness (QED) is 0.685. The number of rotatable bonds is 9. The van der Waals surface area contributed by atoms with Crippen LogP contribution in [-0.4, -0.2) is 72.2 Å². The van der Waals surface area contributed by atoms with Crippen LogP contribution in [0.3, 0.4) is 0 Å². The monoisotopic (exact) mass is 318 g/mol. The molecule has 0 aliphatic rings. The van der Waals surface area contributed by atoms with Gasteiger partial charge in [0.05, 0.1) is 6.20 Å². The summed E-state index contributed by atoms with van der Waals surface area (Å²) in [6.07, 6.45) is 3.15. The van der Waals surface area contributed by atoms with Crippen molar-refractivity contribution in [2.24, 2.45) is 0 Å². The van der Waals surface area contributed by atoms with E-state index in [1.54, 1.807) is 0 Å². The van der Waals surface area contributed by atoms with Crippen molar-refractivity contribution < 1.29 is 18.3 Å². The first-order valence-electron chi connectivity index (χ1n) is 6.66. The topological polar surface area (TPSA) is 95.7 Å². The van der Waals surface area contributed by atoms with Crippen LogP contribution >= 0.6 is 0 Å². The Morgan fingerprint density at radius 2 is 2.00 bits per heavy atom. The summed E-state index contributed by atoms with van der Waals surface area (Å²) in [6, 6.07) is 0. The first-order valence-corrected chi connectivity index (χ1v) is 8.10. The highest BCUT2D eigenvalue weighted by atomic mass is 32.2. The van der Waals surface area contributed by atoms with Crippen molar-refractivity contribution >= 4 is 16.0 Å². The average Bonchev–Trinajstić information content (AvgIpc) is 2.82. The molecule has 0 aliphatic carbocycles. The molecule has 1 aromatic rings. The summed E-state index contributed by atoms with van der Waals surface area (Å²) in [5.41, 5.74) is 0. The Hall–Kier alpha value is -1.45. The Labute approximate surface area is 125 Å². The first-order chi connectivity index (χ1) is 9.77. The lowest BCUT2D eigenvalue weighted by Gasteiger charge is -2.22. The minimum atomic E-state index is -3.64. The summed E-state index contributed by atoms with van der Waals surface area (Å²) in [7, 11) is 0.110. The molecule has 0 spiro atoms. The lowest BCUT2D eigenvalue weighted by Crippen LogP contribution is -2.37. The second-order valence-electron chi connectivity index (χ2n) is 4.97. The molecular formula is C12H22N4O4S. The van der Waals surface area contributed by atoms with E-state index in [4.69, 9.17) is 5.11 Å². The number of carbonyl (C=O) groups is 1. The number of aromatic nitrogens is 2. The van der Waals surface area contributed by atoms with E-state index >= 15 is 0 Å². The molecule has 21 heavy (non-hydrogen) atoms. The van der Waals surface area contributed by atoms with Crippen LogP contribution in [0.15, 0.2) is 17.3 Å². The standard InChI is InChI=1S/C12H22N4O4S/c1-4-5-16(7-6-14(2)3)21(19,20)11-8-13-15(9-11)10-12(17)18/h8-9H,4-7,10H2,1-3H3,(H,17,18). The third kappa shape index (κ3) is 5.10. The molecule has 1 N–H and O–H groups in total. The van der Waals surface area contributed by atoms with Crippen LogP contribution in [0, 0.1) is 0 Å². The van der Waals surface area contributed by atoms with Crippen molar-refractivity contribution in [2.45, 2.75) is 24.8 Å². The number of hydrogen-bond donors (Lipinski definition) is 1. The third-order valence-electron chi connectivity index (χ3n) is 2.81. The third-order valence-corrected chi connectivity index (χ3v) is 4.67. The molecule has 0 unspecified atom stereocenters. The lowest BCUT2D eigenvalue weighted by molar-refractivity contribution is -0.137. The number of hydrogen-bond acceptors (Lipinski definition) is 5. The van der Waals surface area contributed by atoms with Gasteiger partial charge in [0.15, 0.2) is 0 Å². The normalized spacial score (nSPS) is 12.2. The minimum Gasteiger partial charge on any atom is -0.480 e. The fourth-order valence-corrected chi connectivity index (χ4v) is 3.24. The van der Waals surface area contributed by atoms with Gasteiger partial charge in [-0.05, 0) is 20.5 Å². The van der Waals surface area contributed by atoms with Gasteiger partial charge in [-0.3, -0.25) is 9.48 Å². The summed E-state index contributed by atoms with van der Waals surface area (Å²) in [6.45, 7) is 2.96. The molecule has 1 heterocycles. The van der Waals surface area contributed by atoms with Gasteiger partial charge >= 0.3 is 5.97 Å². The SMILES string of the molecule is CCCN(CCN(C)C)S(=O)(=O)c1cnn(CC(=O)O)c1. The zero-order chi connectivity index (χ0) is 16.0. The molecule has 8 nitrogen and oxygen atoms in total. The Morgan fingerprint density at radius 3 is 2.52 bits per heavy atom. The lowest BCUT2D eigenvalue weighted by atomic mass is 10.4. The molecule has 0 saturated carbocycles. The molecule has 120 valence electrons. The first kappa shape index (κ1) is 17.6. The van der Waals surface area contributed by atoms with Gasteiger partial charge in [0, 0.05) is 25.8 Å². The van der Waals surface area contributed by atoms with Crippen molar-refractivity contribution in [1.29, 1.82) is 0 Å². The molecule has 0 saturated heterocycles. The van der Waals surface area contributed by atoms with Crippen LogP contribution < -0.4 is 0 Å². The Bertz CT molecular complexity index is 568. The van der Waals surface area contributed by atoms with Crippen molar-refractivity contribution in [2.75, 3.05) is 33.7 Å². The predicted octanol–water partition coefficient (Wildman–Crippen LogP) is -0.0700. The van der Waals surface area contributed by atoms with Crippen LogP contribution in [0.2, 0.25) is 0 Å². The number of nitrogens with zero attached hydrogens (tertiary/aromatic N) is 4. The van der Waals surface area contributed by atoms with Crippen molar-refractivity contribution in [3.8, 4) is 0 Å². The minimum absolute atomic E-state index is 0.0240. The van der Waals surface area contributed by atoms with Crippen LogP contribution in [-0.2, 0) is 21.4 Å². The maximum Gasteiger partial charge on any atom is 0.325 e. The number of carboxylic acid groups (broad SMARTS) is 1. The van der Waals surface area contributed by atoms with E-state index in [9.17, 15) is 13.2 Å². The fraction of sp³-hybridized carbons (Fsp3) is 0.667. The molecule has 0 aliphatic heterocycles.